The highest BCUT2D eigenvalue weighted by Crippen LogP contribution is 2.22. The summed E-state index contributed by atoms with van der Waals surface area (Å²) < 4.78 is 0. The third kappa shape index (κ3) is 3.24. The summed E-state index contributed by atoms with van der Waals surface area (Å²) >= 11 is 1.70. The number of hydrogen-bond acceptors (Lipinski definition) is 7. The molecule has 0 radical (unpaired) electrons. The molecule has 7 heteroatoms. The van der Waals surface area contributed by atoms with Gasteiger partial charge in [0.1, 0.15) is 5.82 Å². The van der Waals surface area contributed by atoms with Gasteiger partial charge in [-0.15, -0.1) is 11.3 Å². The fourth-order valence-corrected chi connectivity index (χ4v) is 3.15. The average molecular weight is 304 g/mol. The molecule has 3 heterocycles. The fourth-order valence-electron chi connectivity index (χ4n) is 2.45. The Bertz CT molecular complexity index is 577. The molecule has 21 heavy (non-hydrogen) atoms. The minimum atomic E-state index is 0.717. The quantitative estimate of drug-likeness (QED) is 0.932. The Morgan fingerprint density at radius 3 is 2.62 bits per heavy atom. The maximum absolute atomic E-state index is 4.61. The van der Waals surface area contributed by atoms with Crippen LogP contribution in [-0.2, 0) is 0 Å². The van der Waals surface area contributed by atoms with Crippen molar-refractivity contribution in [2.24, 2.45) is 0 Å². The van der Waals surface area contributed by atoms with Crippen molar-refractivity contribution < 1.29 is 0 Å². The number of hydrogen-bond donors (Lipinski definition) is 1. The molecule has 0 atom stereocenters. The molecule has 1 aliphatic rings. The Labute approximate surface area is 128 Å². The fraction of sp³-hybridized carbons (Fsp3) is 0.500. The van der Waals surface area contributed by atoms with E-state index in [0.29, 0.717) is 0 Å². The molecule has 1 saturated heterocycles. The van der Waals surface area contributed by atoms with Gasteiger partial charge in [0.25, 0.3) is 0 Å². The van der Waals surface area contributed by atoms with Gasteiger partial charge in [-0.1, -0.05) is 0 Å². The first-order valence-corrected chi connectivity index (χ1v) is 8.13. The predicted molar refractivity (Wildman–Crippen MR) is 87.5 cm³/mol. The van der Waals surface area contributed by atoms with Gasteiger partial charge in [-0.25, -0.2) is 9.97 Å². The van der Waals surface area contributed by atoms with Gasteiger partial charge in [0.05, 0.1) is 0 Å². The lowest BCUT2D eigenvalue weighted by atomic mass is 10.3. The molecule has 6 nitrogen and oxygen atoms in total. The van der Waals surface area contributed by atoms with E-state index in [1.807, 2.05) is 18.5 Å². The lowest BCUT2D eigenvalue weighted by molar-refractivity contribution is 0.645. The highest BCUT2D eigenvalue weighted by atomic mass is 32.1. The molecule has 0 aliphatic carbocycles. The molecule has 0 aromatic carbocycles. The van der Waals surface area contributed by atoms with Gasteiger partial charge in [0.2, 0.25) is 5.95 Å². The highest BCUT2D eigenvalue weighted by molar-refractivity contribution is 7.13. The van der Waals surface area contributed by atoms with E-state index in [1.54, 1.807) is 11.3 Å². The Kier molecular flexibility index (Phi) is 4.19. The number of rotatable bonds is 4. The molecule has 0 saturated carbocycles. The van der Waals surface area contributed by atoms with E-state index in [9.17, 15) is 0 Å². The van der Waals surface area contributed by atoms with E-state index < -0.39 is 0 Å². The molecular formula is C14H20N6S. The van der Waals surface area contributed by atoms with Gasteiger partial charge in [0.15, 0.2) is 5.13 Å². The van der Waals surface area contributed by atoms with Gasteiger partial charge in [-0.05, 0) is 13.8 Å². The number of piperazine rings is 1. The summed E-state index contributed by atoms with van der Waals surface area (Å²) in [5, 5.41) is 6.33. The van der Waals surface area contributed by atoms with Crippen LogP contribution in [0.1, 0.15) is 12.6 Å². The molecule has 1 N–H and O–H groups in total. The van der Waals surface area contributed by atoms with Crippen molar-refractivity contribution in [1.82, 2.24) is 15.0 Å². The topological polar surface area (TPSA) is 57.2 Å². The SMILES string of the molecule is CCNc1nc(C)cc(N2CCN(c3nccs3)CC2)n1. The minimum absolute atomic E-state index is 0.717. The van der Waals surface area contributed by atoms with Crippen LogP contribution in [0.15, 0.2) is 17.6 Å². The molecule has 3 rings (SSSR count). The molecular weight excluding hydrogens is 284 g/mol. The van der Waals surface area contributed by atoms with E-state index in [4.69, 9.17) is 0 Å². The monoisotopic (exact) mass is 304 g/mol. The Balaban J connectivity index is 1.69. The number of aromatic nitrogens is 3. The number of nitrogens with zero attached hydrogens (tertiary/aromatic N) is 5. The average Bonchev–Trinajstić information content (AvgIpc) is 3.01. The molecule has 0 unspecified atom stereocenters. The Morgan fingerprint density at radius 2 is 1.95 bits per heavy atom. The Morgan fingerprint density at radius 1 is 1.19 bits per heavy atom. The Hall–Kier alpha value is -1.89. The van der Waals surface area contributed by atoms with Crippen molar-refractivity contribution in [2.75, 3.05) is 47.8 Å². The number of anilines is 3. The van der Waals surface area contributed by atoms with Crippen molar-refractivity contribution in [3.63, 3.8) is 0 Å². The summed E-state index contributed by atoms with van der Waals surface area (Å²) in [5.74, 6) is 1.73. The van der Waals surface area contributed by atoms with Gasteiger partial charge < -0.3 is 15.1 Å². The van der Waals surface area contributed by atoms with Crippen molar-refractivity contribution in [1.29, 1.82) is 0 Å². The van der Waals surface area contributed by atoms with E-state index in [1.165, 1.54) is 0 Å². The number of aryl methyl sites for hydroxylation is 1. The molecule has 0 bridgehead atoms. The molecule has 1 fully saturated rings. The van der Waals surface area contributed by atoms with Crippen LogP contribution in [0.5, 0.6) is 0 Å². The van der Waals surface area contributed by atoms with E-state index in [2.05, 4.69) is 43.1 Å². The molecule has 2 aromatic heterocycles. The van der Waals surface area contributed by atoms with Gasteiger partial charge >= 0.3 is 0 Å². The summed E-state index contributed by atoms with van der Waals surface area (Å²) in [4.78, 5) is 18.0. The van der Waals surface area contributed by atoms with Crippen LogP contribution in [0.4, 0.5) is 16.9 Å². The van der Waals surface area contributed by atoms with Crippen LogP contribution in [-0.4, -0.2) is 47.7 Å². The van der Waals surface area contributed by atoms with Crippen LogP contribution in [0, 0.1) is 6.92 Å². The zero-order valence-electron chi connectivity index (χ0n) is 12.4. The van der Waals surface area contributed by atoms with Crippen molar-refractivity contribution in [3.8, 4) is 0 Å². The number of thiazole rings is 1. The predicted octanol–water partition coefficient (Wildman–Crippen LogP) is 2.00. The molecule has 0 amide bonds. The number of nitrogens with one attached hydrogen (secondary N) is 1. The first-order valence-electron chi connectivity index (χ1n) is 7.25. The van der Waals surface area contributed by atoms with Crippen molar-refractivity contribution in [3.05, 3.63) is 23.3 Å². The second-order valence-corrected chi connectivity index (χ2v) is 5.88. The van der Waals surface area contributed by atoms with Crippen LogP contribution < -0.4 is 15.1 Å². The first-order chi connectivity index (χ1) is 10.3. The van der Waals surface area contributed by atoms with Crippen LogP contribution in [0.3, 0.4) is 0 Å². The minimum Gasteiger partial charge on any atom is -0.354 e. The molecule has 0 spiro atoms. The summed E-state index contributed by atoms with van der Waals surface area (Å²) in [7, 11) is 0. The van der Waals surface area contributed by atoms with E-state index >= 15 is 0 Å². The molecule has 1 aliphatic heterocycles. The lowest BCUT2D eigenvalue weighted by Crippen LogP contribution is -2.46. The zero-order valence-corrected chi connectivity index (χ0v) is 13.2. The van der Waals surface area contributed by atoms with Gasteiger partial charge in [-0.3, -0.25) is 0 Å². The normalized spacial score (nSPS) is 15.3. The lowest BCUT2D eigenvalue weighted by Gasteiger charge is -2.35. The maximum atomic E-state index is 4.61. The summed E-state index contributed by atoms with van der Waals surface area (Å²) in [6, 6.07) is 2.06. The third-order valence-electron chi connectivity index (χ3n) is 3.47. The smallest absolute Gasteiger partial charge is 0.224 e. The summed E-state index contributed by atoms with van der Waals surface area (Å²) in [5.41, 5.74) is 0.998. The van der Waals surface area contributed by atoms with Gasteiger partial charge in [0, 0.05) is 56.1 Å². The molecule has 2 aromatic rings. The third-order valence-corrected chi connectivity index (χ3v) is 4.30. The maximum Gasteiger partial charge on any atom is 0.224 e. The van der Waals surface area contributed by atoms with Crippen molar-refractivity contribution in [2.45, 2.75) is 13.8 Å². The van der Waals surface area contributed by atoms with Crippen LogP contribution >= 0.6 is 11.3 Å². The van der Waals surface area contributed by atoms with Crippen LogP contribution in [0.25, 0.3) is 0 Å². The zero-order chi connectivity index (χ0) is 14.7. The first kappa shape index (κ1) is 14.1. The van der Waals surface area contributed by atoms with Crippen LogP contribution in [0.2, 0.25) is 0 Å². The van der Waals surface area contributed by atoms with Gasteiger partial charge in [-0.2, -0.15) is 4.98 Å². The molecule has 112 valence electrons. The second-order valence-electron chi connectivity index (χ2n) is 5.01. The highest BCUT2D eigenvalue weighted by Gasteiger charge is 2.20. The van der Waals surface area contributed by atoms with E-state index in [-0.39, 0.29) is 0 Å². The summed E-state index contributed by atoms with van der Waals surface area (Å²) in [6.07, 6.45) is 1.86. The van der Waals surface area contributed by atoms with E-state index in [0.717, 1.165) is 55.3 Å². The standard InChI is InChI=1S/C14H20N6S/c1-3-15-13-17-11(2)10-12(18-13)19-5-7-20(8-6-19)14-16-4-9-21-14/h4,9-10H,3,5-8H2,1-2H3,(H,15,17,18). The summed E-state index contributed by atoms with van der Waals surface area (Å²) in [6.45, 7) is 8.78. The van der Waals surface area contributed by atoms with Crippen molar-refractivity contribution >= 4 is 28.2 Å². The largest absolute Gasteiger partial charge is 0.354 e. The second kappa shape index (κ2) is 6.26.